The van der Waals surface area contributed by atoms with E-state index in [1.807, 2.05) is 37.3 Å². The smallest absolute Gasteiger partial charge is 0.328 e. The van der Waals surface area contributed by atoms with Crippen LogP contribution in [0.4, 0.5) is 0 Å². The third-order valence-corrected chi connectivity index (χ3v) is 3.54. The maximum absolute atomic E-state index is 12.0. The average molecular weight is 334 g/mol. The molecular weight excluding hydrogens is 308 g/mol. The van der Waals surface area contributed by atoms with Gasteiger partial charge in [0.05, 0.1) is 7.11 Å². The molecule has 0 aliphatic heterocycles. The summed E-state index contributed by atoms with van der Waals surface area (Å²) >= 11 is 0. The first-order chi connectivity index (χ1) is 11.6. The van der Waals surface area contributed by atoms with Crippen molar-refractivity contribution in [1.29, 1.82) is 0 Å². The van der Waals surface area contributed by atoms with Crippen molar-refractivity contribution in [3.05, 3.63) is 35.9 Å². The van der Waals surface area contributed by atoms with Crippen molar-refractivity contribution in [1.82, 2.24) is 10.6 Å². The zero-order chi connectivity index (χ0) is 17.8. The molecule has 0 heterocycles. The Bertz CT molecular complexity index is 531. The van der Waals surface area contributed by atoms with Crippen LogP contribution in [0, 0.1) is 0 Å². The molecule has 1 aromatic carbocycles. The lowest BCUT2D eigenvalue weighted by Gasteiger charge is -2.16. The largest absolute Gasteiger partial charge is 0.467 e. The second-order valence-corrected chi connectivity index (χ2v) is 5.54. The summed E-state index contributed by atoms with van der Waals surface area (Å²) in [5, 5.41) is 5.40. The van der Waals surface area contributed by atoms with Gasteiger partial charge in [-0.1, -0.05) is 43.7 Å². The number of carbonyl (C=O) groups excluding carboxylic acids is 3. The normalized spacial score (nSPS) is 11.4. The zero-order valence-electron chi connectivity index (χ0n) is 14.3. The SMILES string of the molecule is CCCCNC(=O)CCC(=O)N[C@H](Cc1ccccc1)C(=O)OC. The number of ether oxygens (including phenoxy) is 1. The Morgan fingerprint density at radius 2 is 1.75 bits per heavy atom. The highest BCUT2D eigenvalue weighted by molar-refractivity contribution is 5.87. The summed E-state index contributed by atoms with van der Waals surface area (Å²) in [6.45, 7) is 2.66. The summed E-state index contributed by atoms with van der Waals surface area (Å²) in [7, 11) is 1.29. The molecule has 132 valence electrons. The molecule has 6 heteroatoms. The Kier molecular flexibility index (Phi) is 9.19. The van der Waals surface area contributed by atoms with Crippen LogP contribution in [-0.2, 0) is 25.5 Å². The molecular formula is C18H26N2O4. The monoisotopic (exact) mass is 334 g/mol. The Labute approximate surface area is 143 Å². The van der Waals surface area contributed by atoms with Crippen LogP contribution < -0.4 is 10.6 Å². The van der Waals surface area contributed by atoms with Crippen LogP contribution in [-0.4, -0.2) is 37.5 Å². The predicted molar refractivity (Wildman–Crippen MR) is 91.2 cm³/mol. The summed E-state index contributed by atoms with van der Waals surface area (Å²) < 4.78 is 4.74. The Morgan fingerprint density at radius 3 is 2.38 bits per heavy atom. The minimum absolute atomic E-state index is 0.0419. The van der Waals surface area contributed by atoms with Gasteiger partial charge in [0.25, 0.3) is 0 Å². The van der Waals surface area contributed by atoms with Crippen LogP contribution in [0.5, 0.6) is 0 Å². The molecule has 6 nitrogen and oxygen atoms in total. The molecule has 0 fully saturated rings. The van der Waals surface area contributed by atoms with Crippen molar-refractivity contribution in [2.24, 2.45) is 0 Å². The summed E-state index contributed by atoms with van der Waals surface area (Å²) in [4.78, 5) is 35.5. The Morgan fingerprint density at radius 1 is 1.08 bits per heavy atom. The maximum atomic E-state index is 12.0. The van der Waals surface area contributed by atoms with E-state index in [1.165, 1.54) is 7.11 Å². The van der Waals surface area contributed by atoms with Crippen molar-refractivity contribution in [2.45, 2.75) is 45.1 Å². The van der Waals surface area contributed by atoms with E-state index in [0.717, 1.165) is 18.4 Å². The van der Waals surface area contributed by atoms with Crippen molar-refractivity contribution in [3.8, 4) is 0 Å². The molecule has 0 aliphatic rings. The molecule has 0 saturated heterocycles. The lowest BCUT2D eigenvalue weighted by atomic mass is 10.1. The first kappa shape index (κ1) is 19.7. The third kappa shape index (κ3) is 7.76. The average Bonchev–Trinajstić information content (AvgIpc) is 2.60. The van der Waals surface area contributed by atoms with Gasteiger partial charge < -0.3 is 15.4 Å². The van der Waals surface area contributed by atoms with E-state index in [-0.39, 0.29) is 24.7 Å². The Hall–Kier alpha value is -2.37. The topological polar surface area (TPSA) is 84.5 Å². The van der Waals surface area contributed by atoms with Crippen LogP contribution in [0.15, 0.2) is 30.3 Å². The second-order valence-electron chi connectivity index (χ2n) is 5.54. The van der Waals surface area contributed by atoms with E-state index in [2.05, 4.69) is 10.6 Å². The maximum Gasteiger partial charge on any atom is 0.328 e. The molecule has 1 rings (SSSR count). The van der Waals surface area contributed by atoms with Crippen LogP contribution in [0.1, 0.15) is 38.2 Å². The van der Waals surface area contributed by atoms with Gasteiger partial charge in [-0.25, -0.2) is 4.79 Å². The number of carbonyl (C=O) groups is 3. The van der Waals surface area contributed by atoms with Crippen LogP contribution in [0.2, 0.25) is 0 Å². The molecule has 2 amide bonds. The van der Waals surface area contributed by atoms with Gasteiger partial charge in [0.2, 0.25) is 11.8 Å². The first-order valence-corrected chi connectivity index (χ1v) is 8.24. The van der Waals surface area contributed by atoms with Gasteiger partial charge in [-0.15, -0.1) is 0 Å². The van der Waals surface area contributed by atoms with Gasteiger partial charge in [-0.3, -0.25) is 9.59 Å². The van der Waals surface area contributed by atoms with Gasteiger partial charge in [0.1, 0.15) is 6.04 Å². The van der Waals surface area contributed by atoms with Gasteiger partial charge in [-0.05, 0) is 12.0 Å². The lowest BCUT2D eigenvalue weighted by Crippen LogP contribution is -2.43. The summed E-state index contributed by atoms with van der Waals surface area (Å²) in [5.74, 6) is -0.997. The predicted octanol–water partition coefficient (Wildman–Crippen LogP) is 1.58. The number of amides is 2. The number of benzene rings is 1. The highest BCUT2D eigenvalue weighted by Gasteiger charge is 2.22. The lowest BCUT2D eigenvalue weighted by molar-refractivity contribution is -0.145. The van der Waals surface area contributed by atoms with E-state index < -0.39 is 12.0 Å². The number of rotatable bonds is 10. The molecule has 2 N–H and O–H groups in total. The van der Waals surface area contributed by atoms with Gasteiger partial charge in [0, 0.05) is 25.8 Å². The minimum atomic E-state index is -0.756. The molecule has 0 radical (unpaired) electrons. The minimum Gasteiger partial charge on any atom is -0.467 e. The number of hydrogen-bond donors (Lipinski definition) is 2. The Balaban J connectivity index is 2.46. The molecule has 0 aromatic heterocycles. The van der Waals surface area contributed by atoms with E-state index in [0.29, 0.717) is 13.0 Å². The van der Waals surface area contributed by atoms with E-state index in [4.69, 9.17) is 4.74 Å². The quantitative estimate of drug-likeness (QED) is 0.503. The molecule has 24 heavy (non-hydrogen) atoms. The molecule has 0 aliphatic carbocycles. The van der Waals surface area contributed by atoms with Crippen LogP contribution >= 0.6 is 0 Å². The fourth-order valence-electron chi connectivity index (χ4n) is 2.17. The molecule has 1 atom stereocenters. The number of methoxy groups -OCH3 is 1. The van der Waals surface area contributed by atoms with Gasteiger partial charge >= 0.3 is 5.97 Å². The standard InChI is InChI=1S/C18H26N2O4/c1-3-4-12-19-16(21)10-11-17(22)20-15(18(23)24-2)13-14-8-6-5-7-9-14/h5-9,15H,3-4,10-13H2,1-2H3,(H,19,21)(H,20,22)/t15-/m1/s1. The number of nitrogens with one attached hydrogen (secondary N) is 2. The van der Waals surface area contributed by atoms with Crippen molar-refractivity contribution < 1.29 is 19.1 Å². The van der Waals surface area contributed by atoms with Gasteiger partial charge in [0.15, 0.2) is 0 Å². The van der Waals surface area contributed by atoms with Crippen molar-refractivity contribution >= 4 is 17.8 Å². The molecule has 0 bridgehead atoms. The molecule has 0 unspecified atom stereocenters. The second kappa shape index (κ2) is 11.2. The third-order valence-electron chi connectivity index (χ3n) is 3.54. The van der Waals surface area contributed by atoms with Crippen LogP contribution in [0.3, 0.4) is 0 Å². The number of esters is 1. The summed E-state index contributed by atoms with van der Waals surface area (Å²) in [6.07, 6.45) is 2.41. The first-order valence-electron chi connectivity index (χ1n) is 8.24. The van der Waals surface area contributed by atoms with Gasteiger partial charge in [-0.2, -0.15) is 0 Å². The van der Waals surface area contributed by atoms with Crippen molar-refractivity contribution in [3.63, 3.8) is 0 Å². The van der Waals surface area contributed by atoms with E-state index in [9.17, 15) is 14.4 Å². The zero-order valence-corrected chi connectivity index (χ0v) is 14.3. The molecule has 0 spiro atoms. The highest BCUT2D eigenvalue weighted by atomic mass is 16.5. The van der Waals surface area contributed by atoms with Crippen molar-refractivity contribution in [2.75, 3.05) is 13.7 Å². The fourth-order valence-corrected chi connectivity index (χ4v) is 2.17. The summed E-state index contributed by atoms with van der Waals surface area (Å²) in [5.41, 5.74) is 0.922. The molecule has 0 saturated carbocycles. The number of unbranched alkanes of at least 4 members (excludes halogenated alkanes) is 1. The summed E-state index contributed by atoms with van der Waals surface area (Å²) in [6, 6.07) is 8.62. The van der Waals surface area contributed by atoms with E-state index >= 15 is 0 Å². The highest BCUT2D eigenvalue weighted by Crippen LogP contribution is 2.05. The van der Waals surface area contributed by atoms with Crippen LogP contribution in [0.25, 0.3) is 0 Å². The number of hydrogen-bond acceptors (Lipinski definition) is 4. The van der Waals surface area contributed by atoms with E-state index in [1.54, 1.807) is 0 Å². The molecule has 1 aromatic rings. The fraction of sp³-hybridized carbons (Fsp3) is 0.500.